The van der Waals surface area contributed by atoms with E-state index >= 15 is 0 Å². The molecule has 0 aliphatic heterocycles. The molecule has 10 rings (SSSR count). The lowest BCUT2D eigenvalue weighted by Crippen LogP contribution is -2.20. The Kier molecular flexibility index (Phi) is 6.31. The minimum Gasteiger partial charge on any atom is -0.456 e. The van der Waals surface area contributed by atoms with Crippen LogP contribution in [0.25, 0.3) is 71.3 Å². The number of benzene rings is 7. The zero-order valence-corrected chi connectivity index (χ0v) is 26.8. The van der Waals surface area contributed by atoms with Crippen LogP contribution in [0.3, 0.4) is 0 Å². The van der Waals surface area contributed by atoms with Crippen molar-refractivity contribution in [3.05, 3.63) is 175 Å². The van der Waals surface area contributed by atoms with Crippen LogP contribution < -0.4 is 4.90 Å². The molecule has 1 aliphatic rings. The molecule has 0 atom stereocenters. The Morgan fingerprint density at radius 2 is 1.22 bits per heavy atom. The number of nitrogens with zero attached hydrogens (tertiary/aromatic N) is 1. The molecule has 49 heavy (non-hydrogen) atoms. The summed E-state index contributed by atoms with van der Waals surface area (Å²) in [6, 6.07) is 53.9. The number of rotatable bonds is 5. The highest BCUT2D eigenvalue weighted by Crippen LogP contribution is 2.45. The van der Waals surface area contributed by atoms with Gasteiger partial charge in [-0.05, 0) is 77.9 Å². The number of hydrogen-bond acceptors (Lipinski definition) is 3. The third kappa shape index (κ3) is 4.51. The van der Waals surface area contributed by atoms with Gasteiger partial charge in [0.15, 0.2) is 0 Å². The summed E-state index contributed by atoms with van der Waals surface area (Å²) in [4.78, 5) is 2.48. The molecule has 1 aliphatic carbocycles. The van der Waals surface area contributed by atoms with Crippen LogP contribution in [0.5, 0.6) is 0 Å². The molecule has 3 heteroatoms. The number of fused-ring (bicyclic) bond motifs is 8. The van der Waals surface area contributed by atoms with Crippen molar-refractivity contribution in [2.24, 2.45) is 0 Å². The van der Waals surface area contributed by atoms with Gasteiger partial charge in [-0.1, -0.05) is 115 Å². The molecule has 0 radical (unpaired) electrons. The highest BCUT2D eigenvalue weighted by molar-refractivity contribution is 6.15. The Morgan fingerprint density at radius 1 is 0.490 bits per heavy atom. The molecular weight excluding hydrogens is 599 g/mol. The van der Waals surface area contributed by atoms with E-state index in [1.807, 2.05) is 12.1 Å². The van der Waals surface area contributed by atoms with Crippen molar-refractivity contribution in [3.63, 3.8) is 0 Å². The van der Waals surface area contributed by atoms with Crippen molar-refractivity contribution >= 4 is 71.6 Å². The summed E-state index contributed by atoms with van der Waals surface area (Å²) in [7, 11) is 0. The maximum absolute atomic E-state index is 6.50. The van der Waals surface area contributed by atoms with Gasteiger partial charge < -0.3 is 13.7 Å². The normalized spacial score (nSPS) is 13.4. The molecular formula is C46H31NO2. The summed E-state index contributed by atoms with van der Waals surface area (Å²) in [6.07, 6.45) is 6.47. The van der Waals surface area contributed by atoms with Crippen molar-refractivity contribution in [2.45, 2.75) is 12.8 Å². The van der Waals surface area contributed by atoms with Gasteiger partial charge >= 0.3 is 0 Å². The molecule has 0 fully saturated rings. The molecule has 0 N–H and O–H groups in total. The molecule has 0 amide bonds. The molecule has 0 spiro atoms. The van der Waals surface area contributed by atoms with Crippen LogP contribution in [0.2, 0.25) is 0 Å². The molecule has 0 saturated carbocycles. The van der Waals surface area contributed by atoms with Gasteiger partial charge in [0.1, 0.15) is 22.3 Å². The Morgan fingerprint density at radius 3 is 2.16 bits per heavy atom. The van der Waals surface area contributed by atoms with E-state index < -0.39 is 0 Å². The van der Waals surface area contributed by atoms with Gasteiger partial charge in [0.05, 0.1) is 5.69 Å². The van der Waals surface area contributed by atoms with E-state index in [-0.39, 0.29) is 0 Å². The molecule has 9 aromatic rings. The predicted molar refractivity (Wildman–Crippen MR) is 204 cm³/mol. The number of hydrogen-bond donors (Lipinski definition) is 0. The first-order chi connectivity index (χ1) is 24.3. The van der Waals surface area contributed by atoms with Crippen molar-refractivity contribution in [1.29, 1.82) is 0 Å². The third-order valence-corrected chi connectivity index (χ3v) is 9.93. The number of para-hydroxylation sites is 2. The van der Waals surface area contributed by atoms with Crippen LogP contribution in [-0.4, -0.2) is 0 Å². The van der Waals surface area contributed by atoms with Gasteiger partial charge in [0, 0.05) is 49.5 Å². The number of allylic oxidation sites excluding steroid dienone is 4. The minimum atomic E-state index is 0.892. The van der Waals surface area contributed by atoms with Crippen LogP contribution in [0.1, 0.15) is 18.4 Å². The second kappa shape index (κ2) is 11.1. The van der Waals surface area contributed by atoms with E-state index in [1.165, 1.54) is 33.3 Å². The first-order valence-electron chi connectivity index (χ1n) is 16.9. The second-order valence-electron chi connectivity index (χ2n) is 12.8. The molecule has 0 unspecified atom stereocenters. The average Bonchev–Trinajstić information content (AvgIpc) is 3.74. The van der Waals surface area contributed by atoms with Gasteiger partial charge in [-0.2, -0.15) is 0 Å². The Labute approximate surface area is 283 Å². The maximum atomic E-state index is 6.50. The Balaban J connectivity index is 1.23. The van der Waals surface area contributed by atoms with Gasteiger partial charge in [0.2, 0.25) is 0 Å². The molecule has 232 valence electrons. The van der Waals surface area contributed by atoms with Crippen LogP contribution in [0.4, 0.5) is 11.4 Å². The van der Waals surface area contributed by atoms with Crippen LogP contribution in [0.15, 0.2) is 178 Å². The van der Waals surface area contributed by atoms with Crippen molar-refractivity contribution in [3.8, 4) is 11.1 Å². The first-order valence-corrected chi connectivity index (χ1v) is 16.9. The highest BCUT2D eigenvalue weighted by atomic mass is 16.3. The summed E-state index contributed by atoms with van der Waals surface area (Å²) < 4.78 is 12.8. The molecule has 7 aromatic carbocycles. The van der Waals surface area contributed by atoms with E-state index in [1.54, 1.807) is 0 Å². The van der Waals surface area contributed by atoms with E-state index in [0.29, 0.717) is 0 Å². The van der Waals surface area contributed by atoms with Crippen LogP contribution >= 0.6 is 0 Å². The smallest absolute Gasteiger partial charge is 0.143 e. The third-order valence-electron chi connectivity index (χ3n) is 9.93. The lowest BCUT2D eigenvalue weighted by Gasteiger charge is -2.33. The first kappa shape index (κ1) is 27.8. The Bertz CT molecular complexity index is 2780. The van der Waals surface area contributed by atoms with Crippen molar-refractivity contribution in [1.82, 2.24) is 0 Å². The lowest BCUT2D eigenvalue weighted by molar-refractivity contribution is 0.669. The standard InChI is InChI=1S/C46H31NO2/c1-2-12-30(13-3-1)34-15-6-9-19-41(34)47(33-24-27-44-40(29-33)37-18-8-11-21-43(37)48-44)42-20-10-7-16-35(42)32-23-26-45-39(28-32)38-25-22-31-14-4-5-17-36(31)46(38)49-45/h1-9,11-19,21-29H,10,20H2. The van der Waals surface area contributed by atoms with E-state index in [0.717, 1.165) is 73.5 Å². The molecule has 2 aromatic heterocycles. The van der Waals surface area contributed by atoms with Crippen molar-refractivity contribution < 1.29 is 8.83 Å². The topological polar surface area (TPSA) is 29.5 Å². The SMILES string of the molecule is C1=CC(c2ccc3oc4c5ccccc5ccc4c3c2)=C(N(c2ccc3oc4ccccc4c3c2)c2ccccc2-c2ccccc2)CC1. The van der Waals surface area contributed by atoms with Crippen LogP contribution in [0, 0.1) is 0 Å². The van der Waals surface area contributed by atoms with Gasteiger partial charge in [-0.3, -0.25) is 0 Å². The zero-order valence-electron chi connectivity index (χ0n) is 26.8. The minimum absolute atomic E-state index is 0.892. The summed E-state index contributed by atoms with van der Waals surface area (Å²) >= 11 is 0. The fourth-order valence-corrected chi connectivity index (χ4v) is 7.64. The molecule has 2 heterocycles. The molecule has 0 bridgehead atoms. The summed E-state index contributed by atoms with van der Waals surface area (Å²) in [6.45, 7) is 0. The summed E-state index contributed by atoms with van der Waals surface area (Å²) in [5.74, 6) is 0. The fraction of sp³-hybridized carbons (Fsp3) is 0.0435. The van der Waals surface area contributed by atoms with E-state index in [2.05, 4.69) is 157 Å². The van der Waals surface area contributed by atoms with Crippen molar-refractivity contribution in [2.75, 3.05) is 4.90 Å². The average molecular weight is 630 g/mol. The number of anilines is 2. The van der Waals surface area contributed by atoms with E-state index in [4.69, 9.17) is 8.83 Å². The molecule has 0 saturated heterocycles. The fourth-order valence-electron chi connectivity index (χ4n) is 7.64. The summed E-state index contributed by atoms with van der Waals surface area (Å²) in [5.41, 5.74) is 11.9. The van der Waals surface area contributed by atoms with Crippen LogP contribution in [-0.2, 0) is 0 Å². The quantitative estimate of drug-likeness (QED) is 0.190. The van der Waals surface area contributed by atoms with E-state index in [9.17, 15) is 0 Å². The maximum Gasteiger partial charge on any atom is 0.143 e. The highest BCUT2D eigenvalue weighted by Gasteiger charge is 2.24. The van der Waals surface area contributed by atoms with Gasteiger partial charge in [-0.15, -0.1) is 0 Å². The lowest BCUT2D eigenvalue weighted by atomic mass is 9.92. The second-order valence-corrected chi connectivity index (χ2v) is 12.8. The predicted octanol–water partition coefficient (Wildman–Crippen LogP) is 13.2. The van der Waals surface area contributed by atoms with Gasteiger partial charge in [-0.25, -0.2) is 0 Å². The largest absolute Gasteiger partial charge is 0.456 e. The zero-order chi connectivity index (χ0) is 32.3. The number of furan rings is 2. The van der Waals surface area contributed by atoms with Gasteiger partial charge in [0.25, 0.3) is 0 Å². The Hall–Kier alpha value is -6.32. The monoisotopic (exact) mass is 629 g/mol. The summed E-state index contributed by atoms with van der Waals surface area (Å²) in [5, 5.41) is 6.83. The molecule has 3 nitrogen and oxygen atoms in total.